The lowest BCUT2D eigenvalue weighted by atomic mass is 10.2. The second-order valence-electron chi connectivity index (χ2n) is 5.40. The van der Waals surface area contributed by atoms with Gasteiger partial charge in [-0.25, -0.2) is 8.42 Å². The van der Waals surface area contributed by atoms with Crippen molar-refractivity contribution in [3.63, 3.8) is 0 Å². The molecule has 0 amide bonds. The molecule has 108 valence electrons. The van der Waals surface area contributed by atoms with Crippen molar-refractivity contribution in [2.24, 2.45) is 0 Å². The largest absolute Gasteiger partial charge is 0.312 e. The molecule has 2 atom stereocenters. The Kier molecular flexibility index (Phi) is 6.04. The van der Waals surface area contributed by atoms with E-state index in [-0.39, 0.29) is 17.5 Å². The maximum Gasteiger partial charge on any atom is 0.151 e. The third-order valence-corrected chi connectivity index (χ3v) is 5.51. The first-order valence-electron chi connectivity index (χ1n) is 6.66. The van der Waals surface area contributed by atoms with Crippen LogP contribution in [0.4, 0.5) is 0 Å². The number of rotatable bonds is 6. The third kappa shape index (κ3) is 5.22. The minimum Gasteiger partial charge on any atom is -0.312 e. The number of likely N-dealkylation sites (N-methyl/N-ethyl adjacent to an activating group) is 2. The molecule has 0 aromatic heterocycles. The van der Waals surface area contributed by atoms with Crippen LogP contribution in [0.25, 0.3) is 0 Å². The lowest BCUT2D eigenvalue weighted by Crippen LogP contribution is -2.55. The Morgan fingerprint density at radius 2 is 2.00 bits per heavy atom. The van der Waals surface area contributed by atoms with Gasteiger partial charge in [0.25, 0.3) is 0 Å². The van der Waals surface area contributed by atoms with Gasteiger partial charge in [-0.05, 0) is 21.0 Å². The van der Waals surface area contributed by atoms with Gasteiger partial charge in [0.1, 0.15) is 0 Å². The molecule has 0 aromatic rings. The smallest absolute Gasteiger partial charge is 0.151 e. The lowest BCUT2D eigenvalue weighted by molar-refractivity contribution is 0.112. The molecule has 1 N–H and O–H groups in total. The van der Waals surface area contributed by atoms with E-state index in [0.29, 0.717) is 6.04 Å². The van der Waals surface area contributed by atoms with Crippen molar-refractivity contribution >= 4 is 9.84 Å². The molecule has 5 nitrogen and oxygen atoms in total. The van der Waals surface area contributed by atoms with Crippen molar-refractivity contribution < 1.29 is 8.42 Å². The van der Waals surface area contributed by atoms with E-state index in [1.54, 1.807) is 6.92 Å². The Morgan fingerprint density at radius 1 is 1.33 bits per heavy atom. The zero-order chi connectivity index (χ0) is 13.8. The minimum absolute atomic E-state index is 0.0237. The predicted molar refractivity (Wildman–Crippen MR) is 75.7 cm³/mol. The van der Waals surface area contributed by atoms with E-state index in [9.17, 15) is 8.42 Å². The van der Waals surface area contributed by atoms with Crippen LogP contribution in [-0.4, -0.2) is 82.1 Å². The molecule has 6 heteroatoms. The first-order chi connectivity index (χ1) is 8.34. The Labute approximate surface area is 111 Å². The van der Waals surface area contributed by atoms with Crippen LogP contribution in [0.3, 0.4) is 0 Å². The highest BCUT2D eigenvalue weighted by Gasteiger charge is 2.22. The average molecular weight is 277 g/mol. The Hall–Kier alpha value is -0.170. The fourth-order valence-corrected chi connectivity index (χ4v) is 3.33. The van der Waals surface area contributed by atoms with Crippen molar-refractivity contribution in [1.29, 1.82) is 0 Å². The second-order valence-corrected chi connectivity index (χ2v) is 7.80. The topological polar surface area (TPSA) is 52.7 Å². The molecule has 2 unspecified atom stereocenters. The second kappa shape index (κ2) is 6.84. The fraction of sp³-hybridized carbons (Fsp3) is 1.00. The standard InChI is InChI=1S/C12H27N3O2S/c1-5-18(16,17)10-11(2)13-8-12-9-14(3)6-7-15(12)4/h11-13H,5-10H2,1-4H3. The van der Waals surface area contributed by atoms with Crippen LogP contribution >= 0.6 is 0 Å². The minimum atomic E-state index is -2.88. The third-order valence-electron chi connectivity index (χ3n) is 3.63. The summed E-state index contributed by atoms with van der Waals surface area (Å²) in [6, 6.07) is 0.492. The van der Waals surface area contributed by atoms with E-state index in [0.717, 1.165) is 26.2 Å². The summed E-state index contributed by atoms with van der Waals surface area (Å²) in [5.74, 6) is 0.459. The monoisotopic (exact) mass is 277 g/mol. The van der Waals surface area contributed by atoms with Crippen LogP contribution in [0.2, 0.25) is 0 Å². The van der Waals surface area contributed by atoms with Crippen molar-refractivity contribution in [1.82, 2.24) is 15.1 Å². The lowest BCUT2D eigenvalue weighted by Gasteiger charge is -2.38. The van der Waals surface area contributed by atoms with Crippen LogP contribution in [-0.2, 0) is 9.84 Å². The molecule has 0 bridgehead atoms. The van der Waals surface area contributed by atoms with Crippen LogP contribution in [0.1, 0.15) is 13.8 Å². The molecule has 0 radical (unpaired) electrons. The quantitative estimate of drug-likeness (QED) is 0.719. The molecule has 1 aliphatic rings. The summed E-state index contributed by atoms with van der Waals surface area (Å²) in [5.41, 5.74) is 0. The molecule has 1 saturated heterocycles. The summed E-state index contributed by atoms with van der Waals surface area (Å²) >= 11 is 0. The van der Waals surface area contributed by atoms with Crippen molar-refractivity contribution in [3.05, 3.63) is 0 Å². The Bertz CT molecular complexity index is 345. The summed E-state index contributed by atoms with van der Waals surface area (Å²) in [5, 5.41) is 3.35. The van der Waals surface area contributed by atoms with E-state index in [1.165, 1.54) is 0 Å². The zero-order valence-corrected chi connectivity index (χ0v) is 12.8. The highest BCUT2D eigenvalue weighted by molar-refractivity contribution is 7.91. The molecule has 0 aliphatic carbocycles. The van der Waals surface area contributed by atoms with Gasteiger partial charge in [0.15, 0.2) is 9.84 Å². The Morgan fingerprint density at radius 3 is 2.61 bits per heavy atom. The molecule has 0 aromatic carbocycles. The average Bonchev–Trinajstić information content (AvgIpc) is 2.30. The predicted octanol–water partition coefficient (Wildman–Crippen LogP) is -0.355. The molecule has 1 fully saturated rings. The summed E-state index contributed by atoms with van der Waals surface area (Å²) in [6.45, 7) is 7.71. The molecule has 0 saturated carbocycles. The number of nitrogens with one attached hydrogen (secondary N) is 1. The first kappa shape index (κ1) is 15.9. The molecule has 18 heavy (non-hydrogen) atoms. The molecule has 1 rings (SSSR count). The molecule has 1 aliphatic heterocycles. The highest BCUT2D eigenvalue weighted by Crippen LogP contribution is 2.05. The number of sulfone groups is 1. The SMILES string of the molecule is CCS(=O)(=O)CC(C)NCC1CN(C)CCN1C. The van der Waals surface area contributed by atoms with Crippen LogP contribution in [0, 0.1) is 0 Å². The van der Waals surface area contributed by atoms with Crippen molar-refractivity contribution in [2.45, 2.75) is 25.9 Å². The van der Waals surface area contributed by atoms with Gasteiger partial charge in [-0.2, -0.15) is 0 Å². The zero-order valence-electron chi connectivity index (χ0n) is 12.0. The van der Waals surface area contributed by atoms with Gasteiger partial charge in [-0.3, -0.25) is 4.90 Å². The fourth-order valence-electron chi connectivity index (χ4n) is 2.22. The molecule has 1 heterocycles. The van der Waals surface area contributed by atoms with Crippen LogP contribution in [0.5, 0.6) is 0 Å². The molecule has 0 spiro atoms. The molecular weight excluding hydrogens is 250 g/mol. The summed E-state index contributed by atoms with van der Waals surface area (Å²) in [7, 11) is 1.38. The summed E-state index contributed by atoms with van der Waals surface area (Å²) in [6.07, 6.45) is 0. The van der Waals surface area contributed by atoms with Gasteiger partial charge in [-0.15, -0.1) is 0 Å². The number of hydrogen-bond acceptors (Lipinski definition) is 5. The Balaban J connectivity index is 2.35. The number of piperazine rings is 1. The summed E-state index contributed by atoms with van der Waals surface area (Å²) in [4.78, 5) is 4.66. The van der Waals surface area contributed by atoms with Gasteiger partial charge in [-0.1, -0.05) is 6.92 Å². The molecular formula is C12H27N3O2S. The first-order valence-corrected chi connectivity index (χ1v) is 8.48. The number of hydrogen-bond donors (Lipinski definition) is 1. The van der Waals surface area contributed by atoms with Gasteiger partial charge >= 0.3 is 0 Å². The van der Waals surface area contributed by atoms with Crippen LogP contribution < -0.4 is 5.32 Å². The van der Waals surface area contributed by atoms with E-state index in [2.05, 4.69) is 29.2 Å². The van der Waals surface area contributed by atoms with E-state index >= 15 is 0 Å². The summed E-state index contributed by atoms with van der Waals surface area (Å²) < 4.78 is 23.0. The maximum absolute atomic E-state index is 11.5. The van der Waals surface area contributed by atoms with Crippen molar-refractivity contribution in [2.75, 3.05) is 51.8 Å². The van der Waals surface area contributed by atoms with E-state index in [4.69, 9.17) is 0 Å². The maximum atomic E-state index is 11.5. The normalized spacial score (nSPS) is 25.2. The highest BCUT2D eigenvalue weighted by atomic mass is 32.2. The van der Waals surface area contributed by atoms with E-state index < -0.39 is 9.84 Å². The van der Waals surface area contributed by atoms with Gasteiger partial charge < -0.3 is 10.2 Å². The van der Waals surface area contributed by atoms with Gasteiger partial charge in [0.2, 0.25) is 0 Å². The number of nitrogens with zero attached hydrogens (tertiary/aromatic N) is 2. The van der Waals surface area contributed by atoms with Gasteiger partial charge in [0, 0.05) is 44.0 Å². The van der Waals surface area contributed by atoms with E-state index in [1.807, 2.05) is 6.92 Å². The van der Waals surface area contributed by atoms with Crippen LogP contribution in [0.15, 0.2) is 0 Å². The van der Waals surface area contributed by atoms with Gasteiger partial charge in [0.05, 0.1) is 5.75 Å². The van der Waals surface area contributed by atoms with Crippen molar-refractivity contribution in [3.8, 4) is 0 Å².